The molecule has 1 aliphatic rings. The molecule has 3 aromatic rings. The van der Waals surface area contributed by atoms with Gasteiger partial charge in [0.25, 0.3) is 17.1 Å². The third-order valence-corrected chi connectivity index (χ3v) is 6.72. The van der Waals surface area contributed by atoms with E-state index in [1.165, 1.54) is 18.2 Å². The van der Waals surface area contributed by atoms with Crippen LogP contribution >= 0.6 is 23.4 Å². The number of aryl methyl sites for hydroxylation is 2. The Morgan fingerprint density at radius 1 is 1.11 bits per heavy atom. The fourth-order valence-electron chi connectivity index (χ4n) is 3.58. The average Bonchev–Trinajstić information content (AvgIpc) is 3.10. The molecule has 1 N–H and O–H groups in total. The molecular weight excluding hydrogens is 503 g/mol. The fourth-order valence-corrected chi connectivity index (χ4v) is 4.64. The van der Waals surface area contributed by atoms with E-state index in [0.717, 1.165) is 33.5 Å². The minimum absolute atomic E-state index is 0.0887. The zero-order valence-electron chi connectivity index (χ0n) is 19.5. The van der Waals surface area contributed by atoms with E-state index in [4.69, 9.17) is 16.3 Å². The average molecular weight is 525 g/mol. The largest absolute Gasteiger partial charge is 0.484 e. The highest BCUT2D eigenvalue weighted by molar-refractivity contribution is 8.18. The molecule has 184 valence electrons. The highest BCUT2D eigenvalue weighted by Crippen LogP contribution is 2.34. The SMILES string of the molecule is Cc1ccc(NC(=O)COc2ccc(/C=C3\SC(=O)N(Cc4c(F)cccc4Cl)C3=O)cc2)c(C)c1. The van der Waals surface area contributed by atoms with Crippen LogP contribution in [0.25, 0.3) is 6.08 Å². The van der Waals surface area contributed by atoms with Crippen LogP contribution in [0.1, 0.15) is 22.3 Å². The Balaban J connectivity index is 1.36. The van der Waals surface area contributed by atoms with Crippen LogP contribution in [0, 0.1) is 19.7 Å². The number of nitrogens with zero attached hydrogens (tertiary/aromatic N) is 1. The third-order valence-electron chi connectivity index (χ3n) is 5.46. The highest BCUT2D eigenvalue weighted by Gasteiger charge is 2.35. The van der Waals surface area contributed by atoms with Crippen LogP contribution in [-0.4, -0.2) is 28.6 Å². The summed E-state index contributed by atoms with van der Waals surface area (Å²) in [6, 6.07) is 16.7. The molecule has 36 heavy (non-hydrogen) atoms. The van der Waals surface area contributed by atoms with E-state index in [1.54, 1.807) is 30.3 Å². The molecule has 0 bridgehead atoms. The van der Waals surface area contributed by atoms with Gasteiger partial charge >= 0.3 is 0 Å². The van der Waals surface area contributed by atoms with Crippen LogP contribution in [-0.2, 0) is 16.1 Å². The molecule has 0 unspecified atom stereocenters. The summed E-state index contributed by atoms with van der Waals surface area (Å²) >= 11 is 6.81. The summed E-state index contributed by atoms with van der Waals surface area (Å²) in [4.78, 5) is 38.6. The van der Waals surface area contributed by atoms with Crippen molar-refractivity contribution in [2.24, 2.45) is 0 Å². The zero-order valence-corrected chi connectivity index (χ0v) is 21.1. The van der Waals surface area contributed by atoms with Crippen molar-refractivity contribution < 1.29 is 23.5 Å². The van der Waals surface area contributed by atoms with Crippen molar-refractivity contribution >= 4 is 52.2 Å². The van der Waals surface area contributed by atoms with Crippen LogP contribution in [0.15, 0.2) is 65.6 Å². The van der Waals surface area contributed by atoms with Gasteiger partial charge < -0.3 is 10.1 Å². The maximum atomic E-state index is 14.1. The molecule has 1 saturated heterocycles. The molecule has 0 aromatic heterocycles. The topological polar surface area (TPSA) is 75.7 Å². The summed E-state index contributed by atoms with van der Waals surface area (Å²) in [5, 5.41) is 2.47. The molecule has 0 spiro atoms. The number of hydrogen-bond acceptors (Lipinski definition) is 5. The van der Waals surface area contributed by atoms with E-state index in [9.17, 15) is 18.8 Å². The van der Waals surface area contributed by atoms with Gasteiger partial charge in [0.15, 0.2) is 6.61 Å². The number of rotatable bonds is 7. The first kappa shape index (κ1) is 25.5. The van der Waals surface area contributed by atoms with Crippen molar-refractivity contribution in [3.8, 4) is 5.75 Å². The maximum Gasteiger partial charge on any atom is 0.293 e. The van der Waals surface area contributed by atoms with E-state index in [1.807, 2.05) is 32.0 Å². The Labute approximate surface area is 217 Å². The molecule has 3 amide bonds. The second kappa shape index (κ2) is 11.0. The van der Waals surface area contributed by atoms with E-state index < -0.39 is 17.0 Å². The first-order valence-electron chi connectivity index (χ1n) is 11.0. The summed E-state index contributed by atoms with van der Waals surface area (Å²) in [6.07, 6.45) is 1.57. The summed E-state index contributed by atoms with van der Waals surface area (Å²) < 4.78 is 19.7. The van der Waals surface area contributed by atoms with Gasteiger partial charge in [0.05, 0.1) is 11.4 Å². The molecule has 0 radical (unpaired) electrons. The van der Waals surface area contributed by atoms with E-state index in [-0.39, 0.29) is 34.6 Å². The molecule has 0 atom stereocenters. The Morgan fingerprint density at radius 2 is 1.86 bits per heavy atom. The predicted molar refractivity (Wildman–Crippen MR) is 139 cm³/mol. The van der Waals surface area contributed by atoms with E-state index >= 15 is 0 Å². The smallest absolute Gasteiger partial charge is 0.293 e. The van der Waals surface area contributed by atoms with Crippen molar-refractivity contribution in [1.29, 1.82) is 0 Å². The molecule has 6 nitrogen and oxygen atoms in total. The van der Waals surface area contributed by atoms with E-state index in [0.29, 0.717) is 11.3 Å². The summed E-state index contributed by atoms with van der Waals surface area (Å²) in [7, 11) is 0. The van der Waals surface area contributed by atoms with Crippen molar-refractivity contribution in [3.05, 3.63) is 98.7 Å². The lowest BCUT2D eigenvalue weighted by atomic mass is 10.1. The number of imide groups is 1. The molecule has 0 saturated carbocycles. The van der Waals surface area contributed by atoms with Crippen LogP contribution in [0.3, 0.4) is 0 Å². The molecule has 1 heterocycles. The number of nitrogens with one attached hydrogen (secondary N) is 1. The Bertz CT molecular complexity index is 1350. The predicted octanol–water partition coefficient (Wildman–Crippen LogP) is 6.35. The number of anilines is 1. The lowest BCUT2D eigenvalue weighted by Crippen LogP contribution is -2.28. The number of carbonyl (C=O) groups is 3. The minimum Gasteiger partial charge on any atom is -0.484 e. The number of benzene rings is 3. The van der Waals surface area contributed by atoms with Crippen LogP contribution in [0.4, 0.5) is 14.9 Å². The highest BCUT2D eigenvalue weighted by atomic mass is 35.5. The normalized spacial score (nSPS) is 14.4. The van der Waals surface area contributed by atoms with Gasteiger partial charge in [-0.15, -0.1) is 0 Å². The van der Waals surface area contributed by atoms with Gasteiger partial charge in [0.2, 0.25) is 0 Å². The standard InChI is InChI=1S/C27H22ClFN2O4S/c1-16-6-11-23(17(2)12-16)30-25(32)15-35-19-9-7-18(8-10-19)13-24-26(33)31(27(34)36-24)14-20-21(28)4-3-5-22(20)29/h3-13H,14-15H2,1-2H3,(H,30,32)/b24-13-. The molecule has 4 rings (SSSR count). The first-order chi connectivity index (χ1) is 17.2. The number of thioether (sulfide) groups is 1. The molecular formula is C27H22ClFN2O4S. The van der Waals surface area contributed by atoms with Crippen LogP contribution in [0.5, 0.6) is 5.75 Å². The number of ether oxygens (including phenoxy) is 1. The van der Waals surface area contributed by atoms with Crippen molar-refractivity contribution in [3.63, 3.8) is 0 Å². The van der Waals surface area contributed by atoms with Gasteiger partial charge in [-0.1, -0.05) is 47.5 Å². The molecule has 0 aliphatic carbocycles. The van der Waals surface area contributed by atoms with Crippen molar-refractivity contribution in [2.45, 2.75) is 20.4 Å². The fraction of sp³-hybridized carbons (Fsp3) is 0.148. The van der Waals surface area contributed by atoms with Gasteiger partial charge in [0, 0.05) is 16.3 Å². The second-order valence-corrected chi connectivity index (χ2v) is 9.59. The number of halogens is 2. The number of carbonyl (C=O) groups excluding carboxylic acids is 3. The van der Waals surface area contributed by atoms with Crippen LogP contribution < -0.4 is 10.1 Å². The maximum absolute atomic E-state index is 14.1. The van der Waals surface area contributed by atoms with Gasteiger partial charge in [-0.25, -0.2) is 4.39 Å². The zero-order chi connectivity index (χ0) is 25.8. The summed E-state index contributed by atoms with van der Waals surface area (Å²) in [5.74, 6) is -0.906. The van der Waals surface area contributed by atoms with Gasteiger partial charge in [-0.2, -0.15) is 0 Å². The quantitative estimate of drug-likeness (QED) is 0.364. The molecule has 9 heteroatoms. The van der Waals surface area contributed by atoms with Gasteiger partial charge in [-0.05, 0) is 73.1 Å². The molecule has 1 fully saturated rings. The number of hydrogen-bond donors (Lipinski definition) is 1. The Hall–Kier alpha value is -3.62. The lowest BCUT2D eigenvalue weighted by Gasteiger charge is -2.14. The minimum atomic E-state index is -0.580. The lowest BCUT2D eigenvalue weighted by molar-refractivity contribution is -0.123. The summed E-state index contributed by atoms with van der Waals surface area (Å²) in [6.45, 7) is 3.50. The number of amides is 3. The van der Waals surface area contributed by atoms with Gasteiger partial charge in [0.1, 0.15) is 11.6 Å². The second-order valence-electron chi connectivity index (χ2n) is 8.19. The van der Waals surface area contributed by atoms with E-state index in [2.05, 4.69) is 5.32 Å². The monoisotopic (exact) mass is 524 g/mol. The van der Waals surface area contributed by atoms with Gasteiger partial charge in [-0.3, -0.25) is 19.3 Å². The first-order valence-corrected chi connectivity index (χ1v) is 12.2. The van der Waals surface area contributed by atoms with Crippen molar-refractivity contribution in [1.82, 2.24) is 4.90 Å². The molecule has 1 aliphatic heterocycles. The van der Waals surface area contributed by atoms with Crippen molar-refractivity contribution in [2.75, 3.05) is 11.9 Å². The Morgan fingerprint density at radius 3 is 2.56 bits per heavy atom. The molecule has 3 aromatic carbocycles. The van der Waals surface area contributed by atoms with Crippen LogP contribution in [0.2, 0.25) is 5.02 Å². The summed E-state index contributed by atoms with van der Waals surface area (Å²) in [5.41, 5.74) is 3.56. The Kier molecular flexibility index (Phi) is 7.76. The third kappa shape index (κ3) is 5.95.